The molecule has 1 aromatic carbocycles. The first kappa shape index (κ1) is 18.6. The zero-order valence-electron chi connectivity index (χ0n) is 13.0. The van der Waals surface area contributed by atoms with E-state index in [-0.39, 0.29) is 19.4 Å². The Bertz CT molecular complexity index is 528. The van der Waals surface area contributed by atoms with Crippen LogP contribution in [0.15, 0.2) is 24.3 Å². The van der Waals surface area contributed by atoms with Crippen LogP contribution in [-0.2, 0) is 20.8 Å². The van der Waals surface area contributed by atoms with Crippen LogP contribution in [-0.4, -0.2) is 59.6 Å². The van der Waals surface area contributed by atoms with Gasteiger partial charge in [-0.25, -0.2) is 0 Å². The van der Waals surface area contributed by atoms with Crippen LogP contribution < -0.4 is 4.74 Å². The summed E-state index contributed by atoms with van der Waals surface area (Å²) in [4.78, 5) is 34.3. The van der Waals surface area contributed by atoms with Crippen LogP contribution in [0.25, 0.3) is 0 Å². The Hall–Kier alpha value is -2.41. The van der Waals surface area contributed by atoms with E-state index >= 15 is 0 Å². The van der Waals surface area contributed by atoms with Gasteiger partial charge in [-0.1, -0.05) is 12.1 Å². The lowest BCUT2D eigenvalue weighted by molar-refractivity contribution is -0.146. The number of rotatable bonds is 11. The third kappa shape index (κ3) is 6.48. The molecule has 0 aliphatic carbocycles. The highest BCUT2D eigenvalue weighted by Crippen LogP contribution is 2.13. The molecule has 0 spiro atoms. The summed E-state index contributed by atoms with van der Waals surface area (Å²) in [6, 6.07) is 6.33. The second-order valence-electron chi connectivity index (χ2n) is 5.03. The molecule has 0 aliphatic heterocycles. The van der Waals surface area contributed by atoms with Gasteiger partial charge in [0.25, 0.3) is 0 Å². The van der Waals surface area contributed by atoms with E-state index in [1.165, 1.54) is 4.90 Å². The number of nitrogens with zero attached hydrogens (tertiary/aromatic N) is 1. The van der Waals surface area contributed by atoms with Gasteiger partial charge in [0.2, 0.25) is 0 Å². The van der Waals surface area contributed by atoms with Crippen LogP contribution in [0.4, 0.5) is 0 Å². The van der Waals surface area contributed by atoms with Crippen LogP contribution in [0.5, 0.6) is 5.75 Å². The monoisotopic (exact) mass is 323 g/mol. The number of benzene rings is 1. The molecule has 126 valence electrons. The van der Waals surface area contributed by atoms with Crippen LogP contribution in [0.2, 0.25) is 0 Å². The van der Waals surface area contributed by atoms with Crippen molar-refractivity contribution in [1.82, 2.24) is 4.90 Å². The number of hydrogen-bond donors (Lipinski definition) is 2. The van der Waals surface area contributed by atoms with E-state index in [9.17, 15) is 19.5 Å². The van der Waals surface area contributed by atoms with Gasteiger partial charge in [0.05, 0.1) is 13.5 Å². The predicted octanol–water partition coefficient (Wildman–Crippen LogP) is 1.06. The molecule has 1 unspecified atom stereocenters. The molecule has 2 N–H and O–H groups in total. The molecule has 7 heteroatoms. The molecule has 7 nitrogen and oxygen atoms in total. The fourth-order valence-electron chi connectivity index (χ4n) is 2.22. The van der Waals surface area contributed by atoms with Gasteiger partial charge in [-0.3, -0.25) is 14.5 Å². The highest BCUT2D eigenvalue weighted by atomic mass is 16.5. The van der Waals surface area contributed by atoms with Crippen LogP contribution in [0.1, 0.15) is 18.4 Å². The SMILES string of the molecule is COc1ccc(CCN(CCC(=O)O)C(CC=O)C(=O)O)cc1. The smallest absolute Gasteiger partial charge is 0.321 e. The number of aliphatic carboxylic acids is 2. The lowest BCUT2D eigenvalue weighted by Gasteiger charge is -2.27. The number of carbonyl (C=O) groups excluding carboxylic acids is 1. The second-order valence-corrected chi connectivity index (χ2v) is 5.03. The van der Waals surface area contributed by atoms with Crippen LogP contribution >= 0.6 is 0 Å². The molecule has 0 radical (unpaired) electrons. The molecule has 0 saturated heterocycles. The Kier molecular flexibility index (Phi) is 7.76. The number of carbonyl (C=O) groups is 3. The van der Waals surface area contributed by atoms with Crippen molar-refractivity contribution in [3.8, 4) is 5.75 Å². The van der Waals surface area contributed by atoms with E-state index in [2.05, 4.69) is 0 Å². The van der Waals surface area contributed by atoms with Crippen molar-refractivity contribution in [1.29, 1.82) is 0 Å². The van der Waals surface area contributed by atoms with Gasteiger partial charge in [0, 0.05) is 19.5 Å². The Balaban J connectivity index is 2.75. The van der Waals surface area contributed by atoms with Crippen LogP contribution in [0.3, 0.4) is 0 Å². The Morgan fingerprint density at radius 3 is 2.35 bits per heavy atom. The van der Waals surface area contributed by atoms with Crippen molar-refractivity contribution in [3.63, 3.8) is 0 Å². The maximum absolute atomic E-state index is 11.3. The summed E-state index contributed by atoms with van der Waals surface area (Å²) >= 11 is 0. The second kappa shape index (κ2) is 9.58. The molecule has 0 aliphatic rings. The summed E-state index contributed by atoms with van der Waals surface area (Å²) in [5, 5.41) is 18.0. The molecule has 1 rings (SSSR count). The first-order valence-corrected chi connectivity index (χ1v) is 7.23. The number of ether oxygens (including phenoxy) is 1. The average Bonchev–Trinajstić information content (AvgIpc) is 2.53. The number of aldehydes is 1. The molecular weight excluding hydrogens is 302 g/mol. The van der Waals surface area contributed by atoms with Crippen molar-refractivity contribution in [2.75, 3.05) is 20.2 Å². The molecule has 1 aromatic rings. The van der Waals surface area contributed by atoms with Gasteiger partial charge in [-0.05, 0) is 24.1 Å². The zero-order chi connectivity index (χ0) is 17.2. The average molecular weight is 323 g/mol. The summed E-state index contributed by atoms with van der Waals surface area (Å²) in [7, 11) is 1.57. The fourth-order valence-corrected chi connectivity index (χ4v) is 2.22. The number of carboxylic acid groups (broad SMARTS) is 2. The van der Waals surface area contributed by atoms with E-state index in [0.29, 0.717) is 19.3 Å². The number of hydrogen-bond acceptors (Lipinski definition) is 5. The van der Waals surface area contributed by atoms with Crippen molar-refractivity contribution in [2.24, 2.45) is 0 Å². The third-order valence-electron chi connectivity index (χ3n) is 3.50. The first-order chi connectivity index (χ1) is 11.0. The van der Waals surface area contributed by atoms with Crippen molar-refractivity contribution >= 4 is 18.2 Å². The molecule has 0 heterocycles. The van der Waals surface area contributed by atoms with Gasteiger partial charge in [0.1, 0.15) is 18.1 Å². The van der Waals surface area contributed by atoms with Gasteiger partial charge in [-0.15, -0.1) is 0 Å². The highest BCUT2D eigenvalue weighted by molar-refractivity contribution is 5.77. The molecule has 0 fully saturated rings. The molecular formula is C16H21NO6. The summed E-state index contributed by atoms with van der Waals surface area (Å²) < 4.78 is 5.07. The minimum atomic E-state index is -1.13. The Labute approximate surface area is 134 Å². The minimum Gasteiger partial charge on any atom is -0.497 e. The normalized spacial score (nSPS) is 11.9. The van der Waals surface area contributed by atoms with Crippen molar-refractivity contribution < 1.29 is 29.3 Å². The van der Waals surface area contributed by atoms with Gasteiger partial charge in [-0.2, -0.15) is 0 Å². The molecule has 0 saturated carbocycles. The summed E-state index contributed by atoms with van der Waals surface area (Å²) in [5.74, 6) is -1.41. The quantitative estimate of drug-likeness (QED) is 0.587. The maximum atomic E-state index is 11.3. The van der Waals surface area contributed by atoms with E-state index in [1.54, 1.807) is 19.2 Å². The van der Waals surface area contributed by atoms with Crippen LogP contribution in [0, 0.1) is 0 Å². The molecule has 0 aromatic heterocycles. The largest absolute Gasteiger partial charge is 0.497 e. The summed E-state index contributed by atoms with van der Waals surface area (Å²) in [6.07, 6.45) is 0.745. The predicted molar refractivity (Wildman–Crippen MR) is 82.6 cm³/mol. The minimum absolute atomic E-state index is 0.0797. The Morgan fingerprint density at radius 1 is 1.22 bits per heavy atom. The Morgan fingerprint density at radius 2 is 1.87 bits per heavy atom. The summed E-state index contributed by atoms with van der Waals surface area (Å²) in [5.41, 5.74) is 0.973. The highest BCUT2D eigenvalue weighted by Gasteiger charge is 2.25. The van der Waals surface area contributed by atoms with Gasteiger partial charge < -0.3 is 19.7 Å². The van der Waals surface area contributed by atoms with Crippen molar-refractivity contribution in [3.05, 3.63) is 29.8 Å². The maximum Gasteiger partial charge on any atom is 0.321 e. The third-order valence-corrected chi connectivity index (χ3v) is 3.50. The molecule has 0 amide bonds. The van der Waals surface area contributed by atoms with Crippen molar-refractivity contribution in [2.45, 2.75) is 25.3 Å². The first-order valence-electron chi connectivity index (χ1n) is 7.23. The van der Waals surface area contributed by atoms with E-state index in [0.717, 1.165) is 11.3 Å². The molecule has 0 bridgehead atoms. The van der Waals surface area contributed by atoms with Gasteiger partial charge in [0.15, 0.2) is 0 Å². The summed E-state index contributed by atoms with van der Waals surface area (Å²) in [6.45, 7) is 0.431. The lowest BCUT2D eigenvalue weighted by atomic mass is 10.1. The van der Waals surface area contributed by atoms with E-state index in [4.69, 9.17) is 9.84 Å². The fraction of sp³-hybridized carbons (Fsp3) is 0.438. The number of carboxylic acids is 2. The van der Waals surface area contributed by atoms with Gasteiger partial charge >= 0.3 is 11.9 Å². The number of methoxy groups -OCH3 is 1. The standard InChI is InChI=1S/C16H21NO6/c1-23-13-4-2-12(3-5-13)6-9-17(10-7-15(19)20)14(8-11-18)16(21)22/h2-5,11,14H,6-10H2,1H3,(H,19,20)(H,21,22). The topological polar surface area (TPSA) is 104 Å². The molecule has 23 heavy (non-hydrogen) atoms. The zero-order valence-corrected chi connectivity index (χ0v) is 13.0. The molecule has 1 atom stereocenters. The lowest BCUT2D eigenvalue weighted by Crippen LogP contribution is -2.43. The van der Waals surface area contributed by atoms with E-state index < -0.39 is 18.0 Å². The van der Waals surface area contributed by atoms with E-state index in [1.807, 2.05) is 12.1 Å².